The fourth-order valence-corrected chi connectivity index (χ4v) is 3.21. The van der Waals surface area contributed by atoms with E-state index < -0.39 is 11.4 Å². The van der Waals surface area contributed by atoms with Crippen LogP contribution in [0.4, 0.5) is 0 Å². The van der Waals surface area contributed by atoms with Crippen LogP contribution in [0.3, 0.4) is 0 Å². The lowest BCUT2D eigenvalue weighted by Gasteiger charge is -2.30. The zero-order valence-electron chi connectivity index (χ0n) is 16.3. The van der Waals surface area contributed by atoms with Gasteiger partial charge in [0.1, 0.15) is 23.6 Å². The summed E-state index contributed by atoms with van der Waals surface area (Å²) in [6, 6.07) is 17.2. The van der Waals surface area contributed by atoms with E-state index in [9.17, 15) is 5.11 Å². The van der Waals surface area contributed by atoms with Crippen LogP contribution in [0.5, 0.6) is 5.75 Å². The Labute approximate surface area is 160 Å². The van der Waals surface area contributed by atoms with Crippen molar-refractivity contribution >= 4 is 0 Å². The first-order chi connectivity index (χ1) is 12.8. The van der Waals surface area contributed by atoms with E-state index in [1.54, 1.807) is 14.0 Å². The van der Waals surface area contributed by atoms with E-state index in [1.165, 1.54) is 0 Å². The van der Waals surface area contributed by atoms with Crippen molar-refractivity contribution < 1.29 is 24.1 Å². The third kappa shape index (κ3) is 4.87. The molecule has 1 aliphatic rings. The third-order valence-corrected chi connectivity index (χ3v) is 4.75. The van der Waals surface area contributed by atoms with Crippen LogP contribution in [-0.4, -0.2) is 37.3 Å². The van der Waals surface area contributed by atoms with Gasteiger partial charge in [0.15, 0.2) is 5.79 Å². The van der Waals surface area contributed by atoms with Crippen LogP contribution in [0, 0.1) is 0 Å². The van der Waals surface area contributed by atoms with E-state index in [4.69, 9.17) is 18.9 Å². The molecule has 0 spiro atoms. The molecule has 1 heterocycles. The Balaban J connectivity index is 1.79. The molecule has 5 nitrogen and oxygen atoms in total. The van der Waals surface area contributed by atoms with Crippen molar-refractivity contribution in [2.24, 2.45) is 0 Å². The van der Waals surface area contributed by atoms with Crippen LogP contribution in [0.2, 0.25) is 0 Å². The van der Waals surface area contributed by atoms with Crippen molar-refractivity contribution in [2.45, 2.75) is 44.4 Å². The van der Waals surface area contributed by atoms with E-state index in [-0.39, 0.29) is 18.8 Å². The van der Waals surface area contributed by atoms with Crippen LogP contribution < -0.4 is 4.74 Å². The van der Waals surface area contributed by atoms with Crippen molar-refractivity contribution in [1.29, 1.82) is 0 Å². The first-order valence-electron chi connectivity index (χ1n) is 9.16. The average Bonchev–Trinajstić information content (AvgIpc) is 3.02. The second kappa shape index (κ2) is 7.98. The summed E-state index contributed by atoms with van der Waals surface area (Å²) in [6.45, 7) is 6.09. The van der Waals surface area contributed by atoms with Crippen LogP contribution in [0.25, 0.3) is 0 Å². The molecule has 1 saturated heterocycles. The van der Waals surface area contributed by atoms with Gasteiger partial charge in [-0.05, 0) is 44.0 Å². The summed E-state index contributed by atoms with van der Waals surface area (Å²) < 4.78 is 23.2. The lowest BCUT2D eigenvalue weighted by molar-refractivity contribution is -0.165. The lowest BCUT2D eigenvalue weighted by Crippen LogP contribution is -2.33. The van der Waals surface area contributed by atoms with Gasteiger partial charge in [-0.1, -0.05) is 42.5 Å². The van der Waals surface area contributed by atoms with E-state index in [2.05, 4.69) is 0 Å². The molecule has 1 N–H and O–H groups in total. The van der Waals surface area contributed by atoms with Gasteiger partial charge in [0, 0.05) is 0 Å². The van der Waals surface area contributed by atoms with Gasteiger partial charge in [-0.25, -0.2) is 0 Å². The Hall–Kier alpha value is -1.92. The monoisotopic (exact) mass is 372 g/mol. The topological polar surface area (TPSA) is 57.2 Å². The van der Waals surface area contributed by atoms with Crippen molar-refractivity contribution in [3.63, 3.8) is 0 Å². The molecule has 3 rings (SSSR count). The Morgan fingerprint density at radius 1 is 1.15 bits per heavy atom. The second-order valence-corrected chi connectivity index (χ2v) is 7.51. The van der Waals surface area contributed by atoms with Gasteiger partial charge in [0.25, 0.3) is 0 Å². The van der Waals surface area contributed by atoms with Gasteiger partial charge in [0.2, 0.25) is 0 Å². The average molecular weight is 372 g/mol. The molecule has 2 aromatic carbocycles. The molecule has 0 radical (unpaired) electrons. The molecule has 0 saturated carbocycles. The lowest BCUT2D eigenvalue weighted by atomic mass is 9.96. The first kappa shape index (κ1) is 19.8. The summed E-state index contributed by atoms with van der Waals surface area (Å²) in [7, 11) is 1.64. The molecule has 0 unspecified atom stereocenters. The van der Waals surface area contributed by atoms with Crippen LogP contribution >= 0.6 is 0 Å². The largest absolute Gasteiger partial charge is 0.497 e. The zero-order chi connectivity index (χ0) is 19.5. The van der Waals surface area contributed by atoms with Gasteiger partial charge < -0.3 is 24.1 Å². The predicted molar refractivity (Wildman–Crippen MR) is 103 cm³/mol. The highest BCUT2D eigenvalue weighted by molar-refractivity contribution is 5.29. The van der Waals surface area contributed by atoms with E-state index in [1.807, 2.05) is 68.4 Å². The minimum atomic E-state index is -1.11. The van der Waals surface area contributed by atoms with Crippen LogP contribution in [0.15, 0.2) is 54.6 Å². The highest BCUT2D eigenvalue weighted by atomic mass is 16.7. The number of benzene rings is 2. The van der Waals surface area contributed by atoms with Gasteiger partial charge in [-0.15, -0.1) is 0 Å². The smallest absolute Gasteiger partial charge is 0.163 e. The van der Waals surface area contributed by atoms with Crippen molar-refractivity contribution in [2.75, 3.05) is 20.3 Å². The number of hydrogen-bond donors (Lipinski definition) is 1. The number of hydrogen-bond acceptors (Lipinski definition) is 5. The molecule has 1 fully saturated rings. The van der Waals surface area contributed by atoms with Crippen molar-refractivity contribution in [1.82, 2.24) is 0 Å². The molecule has 5 heteroatoms. The molecule has 3 atom stereocenters. The maximum absolute atomic E-state index is 10.9. The minimum absolute atomic E-state index is 0.133. The molecule has 27 heavy (non-hydrogen) atoms. The Morgan fingerprint density at radius 3 is 2.37 bits per heavy atom. The maximum Gasteiger partial charge on any atom is 0.163 e. The quantitative estimate of drug-likeness (QED) is 0.801. The molecular formula is C22H28O5. The van der Waals surface area contributed by atoms with Crippen LogP contribution in [0.1, 0.15) is 38.0 Å². The highest BCUT2D eigenvalue weighted by Crippen LogP contribution is 2.35. The second-order valence-electron chi connectivity index (χ2n) is 7.51. The molecule has 0 aliphatic carbocycles. The number of ether oxygens (including phenoxy) is 4. The SMILES string of the molecule is COc1ccc([C@@H](OC[C@](C)(O)c2ccccc2)[C@H]2COC(C)(C)O2)cc1. The number of aliphatic hydroxyl groups is 1. The fraction of sp³-hybridized carbons (Fsp3) is 0.455. The molecule has 1 aliphatic heterocycles. The Kier molecular flexibility index (Phi) is 5.86. The summed E-state index contributed by atoms with van der Waals surface area (Å²) >= 11 is 0. The third-order valence-electron chi connectivity index (χ3n) is 4.75. The van der Waals surface area contributed by atoms with Gasteiger partial charge >= 0.3 is 0 Å². The van der Waals surface area contributed by atoms with Crippen molar-refractivity contribution in [3.8, 4) is 5.75 Å². The fourth-order valence-electron chi connectivity index (χ4n) is 3.21. The molecule has 2 aromatic rings. The van der Waals surface area contributed by atoms with Crippen LogP contribution in [-0.2, 0) is 19.8 Å². The molecule has 0 amide bonds. The van der Waals surface area contributed by atoms with Gasteiger partial charge in [0.05, 0.1) is 20.3 Å². The minimum Gasteiger partial charge on any atom is -0.497 e. The molecule has 0 aromatic heterocycles. The summed E-state index contributed by atoms with van der Waals surface area (Å²) in [6.07, 6.45) is -0.632. The first-order valence-corrected chi connectivity index (χ1v) is 9.16. The summed E-state index contributed by atoms with van der Waals surface area (Å²) in [5.41, 5.74) is 0.648. The molecule has 0 bridgehead atoms. The normalized spacial score (nSPS) is 22.2. The van der Waals surface area contributed by atoms with Gasteiger partial charge in [-0.2, -0.15) is 0 Å². The number of rotatable bonds is 7. The standard InChI is InChI=1S/C22H28O5/c1-21(2)26-14-19(27-21)20(16-10-12-18(24-4)13-11-16)25-15-22(3,23)17-8-6-5-7-9-17/h5-13,19-20,23H,14-15H2,1-4H3/t19-,20-,22+/m1/s1. The predicted octanol–water partition coefficient (Wildman–Crippen LogP) is 3.81. The Bertz CT molecular complexity index is 724. The number of methoxy groups -OCH3 is 1. The molecule has 146 valence electrons. The van der Waals surface area contributed by atoms with Gasteiger partial charge in [-0.3, -0.25) is 0 Å². The zero-order valence-corrected chi connectivity index (χ0v) is 16.3. The van der Waals surface area contributed by atoms with E-state index in [0.29, 0.717) is 6.61 Å². The summed E-state index contributed by atoms with van der Waals surface area (Å²) in [4.78, 5) is 0. The van der Waals surface area contributed by atoms with E-state index in [0.717, 1.165) is 16.9 Å². The van der Waals surface area contributed by atoms with Crippen molar-refractivity contribution in [3.05, 3.63) is 65.7 Å². The Morgan fingerprint density at radius 2 is 1.81 bits per heavy atom. The summed E-state index contributed by atoms with van der Waals surface area (Å²) in [5, 5.41) is 10.9. The maximum atomic E-state index is 10.9. The molecular weight excluding hydrogens is 344 g/mol. The highest BCUT2D eigenvalue weighted by Gasteiger charge is 2.39. The van der Waals surface area contributed by atoms with E-state index >= 15 is 0 Å². The summed E-state index contributed by atoms with van der Waals surface area (Å²) in [5.74, 6) is 0.124.